The lowest BCUT2D eigenvalue weighted by Gasteiger charge is -2.32. The van der Waals surface area contributed by atoms with E-state index in [9.17, 15) is 9.00 Å². The fourth-order valence-corrected chi connectivity index (χ4v) is 2.03. The van der Waals surface area contributed by atoms with Crippen molar-refractivity contribution in [3.63, 3.8) is 0 Å². The van der Waals surface area contributed by atoms with Crippen LogP contribution in [0.5, 0.6) is 0 Å². The molecule has 6 nitrogen and oxygen atoms in total. The summed E-state index contributed by atoms with van der Waals surface area (Å²) in [6.07, 6.45) is 1.11. The molecule has 0 aromatic carbocycles. The van der Waals surface area contributed by atoms with Crippen LogP contribution in [0.25, 0.3) is 0 Å². The second kappa shape index (κ2) is 7.72. The maximum absolute atomic E-state index is 10.6. The van der Waals surface area contributed by atoms with Crippen LogP contribution >= 0.6 is 0 Å². The molecule has 0 aromatic rings. The van der Waals surface area contributed by atoms with Crippen molar-refractivity contribution in [2.24, 2.45) is 0 Å². The summed E-state index contributed by atoms with van der Waals surface area (Å²) in [6, 6.07) is 0. The van der Waals surface area contributed by atoms with E-state index in [0.29, 0.717) is 17.4 Å². The maximum Gasteiger partial charge on any atom is 0.302 e. The second-order valence-corrected chi connectivity index (χ2v) is 4.93. The minimum atomic E-state index is -2.30. The van der Waals surface area contributed by atoms with Gasteiger partial charge >= 0.3 is 11.4 Å². The zero-order chi connectivity index (χ0) is 12.6. The molecule has 2 atom stereocenters. The molecule has 0 saturated carbocycles. The molecule has 2 unspecified atom stereocenters. The number of amides is 1. The van der Waals surface area contributed by atoms with Gasteiger partial charge in [-0.2, -0.15) is 4.21 Å². The number of carbonyl (C=O) groups is 1. The molecule has 0 spiro atoms. The predicted molar refractivity (Wildman–Crippen MR) is 61.8 cm³/mol. The van der Waals surface area contributed by atoms with Crippen LogP contribution in [-0.2, 0) is 20.3 Å². The summed E-state index contributed by atoms with van der Waals surface area (Å²) in [5.41, 5.74) is 0. The normalized spacial score (nSPS) is 15.5. The van der Waals surface area contributed by atoms with Gasteiger partial charge < -0.3 is 9.80 Å². The van der Waals surface area contributed by atoms with Crippen LogP contribution in [0, 0.1) is 0 Å². The predicted octanol–water partition coefficient (Wildman–Crippen LogP) is -0.259. The summed E-state index contributed by atoms with van der Waals surface area (Å²) in [7, 11) is 4.03. The fraction of sp³-hybridized carbons (Fsp3) is 0.889. The number of hydrogen-bond acceptors (Lipinski definition) is 3. The Hall–Kier alpha value is -0.500. The van der Waals surface area contributed by atoms with Gasteiger partial charge in [0.05, 0.1) is 27.2 Å². The first-order valence-electron chi connectivity index (χ1n) is 5.18. The van der Waals surface area contributed by atoms with E-state index in [1.165, 1.54) is 0 Å². The smallest absolute Gasteiger partial charge is 0.302 e. The van der Waals surface area contributed by atoms with Gasteiger partial charge in [-0.15, -0.1) is 0 Å². The van der Waals surface area contributed by atoms with Crippen LogP contribution in [0.1, 0.15) is 13.3 Å². The highest BCUT2D eigenvalue weighted by Crippen LogP contribution is 2.05. The molecular weight excluding hydrogens is 232 g/mol. The van der Waals surface area contributed by atoms with Crippen LogP contribution in [0.2, 0.25) is 0 Å². The first kappa shape index (κ1) is 15.5. The Labute approximate surface area is 99.0 Å². The fourth-order valence-electron chi connectivity index (χ4n) is 1.67. The number of likely N-dealkylation sites (N-methyl/N-ethyl adjacent to an activating group) is 1. The van der Waals surface area contributed by atoms with Crippen molar-refractivity contribution >= 4 is 17.8 Å². The quantitative estimate of drug-likeness (QED) is 0.337. The highest BCUT2D eigenvalue weighted by Gasteiger charge is 2.23. The molecular formula is C9H21N2O4S+. The zero-order valence-corrected chi connectivity index (χ0v) is 10.8. The Morgan fingerprint density at radius 2 is 2.19 bits per heavy atom. The lowest BCUT2D eigenvalue weighted by atomic mass is 10.2. The molecule has 1 amide bonds. The van der Waals surface area contributed by atoms with E-state index in [4.69, 9.17) is 8.74 Å². The maximum atomic E-state index is 10.6. The van der Waals surface area contributed by atoms with Crippen LogP contribution in [-0.4, -0.2) is 59.5 Å². The Balaban J connectivity index is 4.27. The molecule has 0 saturated heterocycles. The Bertz CT molecular complexity index is 236. The van der Waals surface area contributed by atoms with Crippen molar-refractivity contribution in [1.29, 1.82) is 0 Å². The highest BCUT2D eigenvalue weighted by atomic mass is 32.2. The van der Waals surface area contributed by atoms with E-state index in [2.05, 4.69) is 12.2 Å². The van der Waals surface area contributed by atoms with Crippen molar-refractivity contribution in [3.05, 3.63) is 0 Å². The van der Waals surface area contributed by atoms with Gasteiger partial charge in [-0.1, -0.05) is 6.92 Å². The van der Waals surface area contributed by atoms with E-state index in [0.717, 1.165) is 13.0 Å². The largest absolute Gasteiger partial charge is 0.356 e. The summed E-state index contributed by atoms with van der Waals surface area (Å²) in [6.45, 7) is 3.82. The van der Waals surface area contributed by atoms with E-state index in [1.54, 1.807) is 0 Å². The number of carbonyl (C=O) groups excluding carboxylic acids is 1. The average molecular weight is 253 g/mol. The molecule has 2 N–H and O–H groups in total. The molecule has 7 heteroatoms. The average Bonchev–Trinajstić information content (AvgIpc) is 2.12. The summed E-state index contributed by atoms with van der Waals surface area (Å²) in [4.78, 5) is 10.2. The molecule has 0 bridgehead atoms. The van der Waals surface area contributed by atoms with Crippen LogP contribution in [0.15, 0.2) is 0 Å². The standard InChI is InChI=1S/C9H20N2O4S/c1-4-5-11(2,3)7-9(6-10-8-12)15-16(13)14/h8-9H,4-7H2,1-3H3,(H-,10,12,13,14)/p+1. The van der Waals surface area contributed by atoms with Crippen molar-refractivity contribution in [2.75, 3.05) is 33.7 Å². The first-order chi connectivity index (χ1) is 7.41. The third kappa shape index (κ3) is 7.75. The summed E-state index contributed by atoms with van der Waals surface area (Å²) >= 11 is -2.30. The van der Waals surface area contributed by atoms with Gasteiger partial charge in [-0.3, -0.25) is 13.5 Å². The van der Waals surface area contributed by atoms with Gasteiger partial charge in [0.1, 0.15) is 12.6 Å². The molecule has 0 rings (SSSR count). The highest BCUT2D eigenvalue weighted by molar-refractivity contribution is 7.74. The molecule has 0 fully saturated rings. The molecule has 0 aliphatic carbocycles. The van der Waals surface area contributed by atoms with E-state index in [-0.39, 0.29) is 6.54 Å². The Morgan fingerprint density at radius 3 is 2.62 bits per heavy atom. The minimum Gasteiger partial charge on any atom is -0.356 e. The SMILES string of the molecule is CCC[N+](C)(C)CC(CNC=O)OS(=O)O. The summed E-state index contributed by atoms with van der Waals surface area (Å²) < 4.78 is 24.8. The Kier molecular flexibility index (Phi) is 7.48. The Morgan fingerprint density at radius 1 is 1.56 bits per heavy atom. The van der Waals surface area contributed by atoms with Gasteiger partial charge in [-0.05, 0) is 6.42 Å². The first-order valence-corrected chi connectivity index (χ1v) is 6.21. The van der Waals surface area contributed by atoms with Gasteiger partial charge in [0, 0.05) is 0 Å². The number of hydrogen-bond donors (Lipinski definition) is 2. The van der Waals surface area contributed by atoms with Crippen LogP contribution in [0.3, 0.4) is 0 Å². The molecule has 0 aliphatic heterocycles. The van der Waals surface area contributed by atoms with Crippen LogP contribution in [0.4, 0.5) is 0 Å². The van der Waals surface area contributed by atoms with Crippen molar-refractivity contribution < 1.29 is 22.2 Å². The van der Waals surface area contributed by atoms with Crippen molar-refractivity contribution in [2.45, 2.75) is 19.4 Å². The summed E-state index contributed by atoms with van der Waals surface area (Å²) in [5, 5.41) is 2.46. The lowest BCUT2D eigenvalue weighted by molar-refractivity contribution is -0.892. The van der Waals surface area contributed by atoms with Crippen molar-refractivity contribution in [1.82, 2.24) is 5.32 Å². The number of rotatable bonds is 9. The number of nitrogens with one attached hydrogen (secondary N) is 1. The number of quaternary nitrogens is 1. The van der Waals surface area contributed by atoms with Crippen molar-refractivity contribution in [3.8, 4) is 0 Å². The minimum absolute atomic E-state index is 0.237. The molecule has 0 aliphatic rings. The third-order valence-corrected chi connectivity index (χ3v) is 2.61. The van der Waals surface area contributed by atoms with E-state index in [1.807, 2.05) is 14.1 Å². The second-order valence-electron chi connectivity index (χ2n) is 4.30. The van der Waals surface area contributed by atoms with Gasteiger partial charge in [-0.25, -0.2) is 0 Å². The van der Waals surface area contributed by atoms with E-state index >= 15 is 0 Å². The van der Waals surface area contributed by atoms with E-state index < -0.39 is 17.5 Å². The summed E-state index contributed by atoms with van der Waals surface area (Å²) in [5.74, 6) is 0. The third-order valence-electron chi connectivity index (χ3n) is 2.17. The number of nitrogens with zero attached hydrogens (tertiary/aromatic N) is 1. The van der Waals surface area contributed by atoms with Gasteiger partial charge in [0.25, 0.3) is 0 Å². The molecule has 16 heavy (non-hydrogen) atoms. The monoisotopic (exact) mass is 253 g/mol. The zero-order valence-electron chi connectivity index (χ0n) is 10.0. The molecule has 0 heterocycles. The molecule has 0 aromatic heterocycles. The molecule has 0 radical (unpaired) electrons. The lowest BCUT2D eigenvalue weighted by Crippen LogP contribution is -2.49. The van der Waals surface area contributed by atoms with Gasteiger partial charge in [0.2, 0.25) is 6.41 Å². The molecule has 96 valence electrons. The topological polar surface area (TPSA) is 75.6 Å². The van der Waals surface area contributed by atoms with Gasteiger partial charge in [0.15, 0.2) is 0 Å². The van der Waals surface area contributed by atoms with Crippen LogP contribution < -0.4 is 5.32 Å².